The van der Waals surface area contributed by atoms with Crippen molar-refractivity contribution in [1.29, 1.82) is 0 Å². The van der Waals surface area contributed by atoms with Crippen molar-refractivity contribution in [2.24, 2.45) is 0 Å². The van der Waals surface area contributed by atoms with Crippen molar-refractivity contribution in [3.8, 4) is 0 Å². The molecule has 0 spiro atoms. The summed E-state index contributed by atoms with van der Waals surface area (Å²) in [6.07, 6.45) is -4.53. The number of aliphatic carboxylic acids is 1. The Morgan fingerprint density at radius 1 is 1.33 bits per heavy atom. The molecule has 0 aromatic carbocycles. The van der Waals surface area contributed by atoms with Gasteiger partial charge in [0.25, 0.3) is 0 Å². The van der Waals surface area contributed by atoms with Crippen molar-refractivity contribution in [3.63, 3.8) is 0 Å². The van der Waals surface area contributed by atoms with Crippen molar-refractivity contribution in [1.82, 2.24) is 5.32 Å². The van der Waals surface area contributed by atoms with Crippen LogP contribution in [-0.4, -0.2) is 41.2 Å². The van der Waals surface area contributed by atoms with E-state index in [9.17, 15) is 22.8 Å². The minimum absolute atomic E-state index is 0.0687. The number of amides is 1. The number of rotatable bonds is 6. The molecule has 1 amide bonds. The number of nitrogens with one attached hydrogen (secondary N) is 1. The summed E-state index contributed by atoms with van der Waals surface area (Å²) in [4.78, 5) is 20.8. The van der Waals surface area contributed by atoms with E-state index < -0.39 is 23.8 Å². The molecule has 0 unspecified atom stereocenters. The van der Waals surface area contributed by atoms with E-state index in [2.05, 4.69) is 5.32 Å². The minimum Gasteiger partial charge on any atom is -0.481 e. The molecule has 0 aliphatic rings. The fourth-order valence-corrected chi connectivity index (χ4v) is 1.24. The first-order chi connectivity index (χ1) is 6.81. The maximum absolute atomic E-state index is 11.6. The molecular formula is C7H10F3NO3S. The number of hydrogen-bond acceptors (Lipinski definition) is 3. The van der Waals surface area contributed by atoms with E-state index in [0.717, 1.165) is 0 Å². The molecule has 0 saturated heterocycles. The number of thioether (sulfide) groups is 1. The lowest BCUT2D eigenvalue weighted by Gasteiger charge is -2.05. The van der Waals surface area contributed by atoms with E-state index in [1.165, 1.54) is 0 Å². The van der Waals surface area contributed by atoms with Crippen LogP contribution < -0.4 is 5.32 Å². The normalized spacial score (nSPS) is 11.1. The molecule has 0 aliphatic heterocycles. The maximum atomic E-state index is 11.6. The first-order valence-electron chi connectivity index (χ1n) is 3.94. The van der Waals surface area contributed by atoms with Gasteiger partial charge in [-0.15, -0.1) is 11.8 Å². The van der Waals surface area contributed by atoms with E-state index in [0.29, 0.717) is 11.8 Å². The highest BCUT2D eigenvalue weighted by molar-refractivity contribution is 8.00. The van der Waals surface area contributed by atoms with Crippen LogP contribution in [0.5, 0.6) is 0 Å². The Labute approximate surface area is 88.2 Å². The summed E-state index contributed by atoms with van der Waals surface area (Å²) in [7, 11) is 0. The third-order valence-corrected chi connectivity index (χ3v) is 2.16. The van der Waals surface area contributed by atoms with Gasteiger partial charge >= 0.3 is 12.1 Å². The van der Waals surface area contributed by atoms with Crippen LogP contribution >= 0.6 is 11.8 Å². The van der Waals surface area contributed by atoms with Gasteiger partial charge in [-0.25, -0.2) is 0 Å². The number of carboxylic acids is 1. The third-order valence-electron chi connectivity index (χ3n) is 1.16. The first kappa shape index (κ1) is 14.1. The lowest BCUT2D eigenvalue weighted by Crippen LogP contribution is -2.28. The summed E-state index contributed by atoms with van der Waals surface area (Å²) in [5, 5.41) is 10.4. The molecule has 15 heavy (non-hydrogen) atoms. The molecule has 8 heteroatoms. The average molecular weight is 245 g/mol. The van der Waals surface area contributed by atoms with Crippen molar-refractivity contribution in [2.45, 2.75) is 12.6 Å². The van der Waals surface area contributed by atoms with Crippen LogP contribution in [0, 0.1) is 0 Å². The van der Waals surface area contributed by atoms with Crippen LogP contribution in [-0.2, 0) is 9.59 Å². The SMILES string of the molecule is O=C(O)CCNC(=O)CSCC(F)(F)F. The van der Waals surface area contributed by atoms with E-state index in [1.54, 1.807) is 0 Å². The van der Waals surface area contributed by atoms with Crippen LogP contribution in [0.2, 0.25) is 0 Å². The quantitative estimate of drug-likeness (QED) is 0.728. The molecule has 88 valence electrons. The largest absolute Gasteiger partial charge is 0.481 e. The Morgan fingerprint density at radius 2 is 1.93 bits per heavy atom. The van der Waals surface area contributed by atoms with Crippen LogP contribution in [0.4, 0.5) is 13.2 Å². The van der Waals surface area contributed by atoms with Gasteiger partial charge in [-0.05, 0) is 0 Å². The molecule has 0 aromatic rings. The van der Waals surface area contributed by atoms with Gasteiger partial charge in [-0.1, -0.05) is 0 Å². The van der Waals surface area contributed by atoms with Gasteiger partial charge in [0.05, 0.1) is 17.9 Å². The Kier molecular flexibility index (Phi) is 6.14. The summed E-state index contributed by atoms with van der Waals surface area (Å²) >= 11 is 0.443. The molecule has 0 heterocycles. The van der Waals surface area contributed by atoms with Gasteiger partial charge in [-0.3, -0.25) is 9.59 Å². The molecule has 0 aliphatic carbocycles. The Morgan fingerprint density at radius 3 is 2.40 bits per heavy atom. The molecule has 0 rings (SSSR count). The summed E-state index contributed by atoms with van der Waals surface area (Å²) in [5.74, 6) is -3.07. The van der Waals surface area contributed by atoms with Crippen LogP contribution in [0.25, 0.3) is 0 Å². The number of carboxylic acid groups (broad SMARTS) is 1. The van der Waals surface area contributed by atoms with E-state index >= 15 is 0 Å². The Hall–Kier alpha value is -0.920. The number of alkyl halides is 3. The molecule has 0 atom stereocenters. The Balaban J connectivity index is 3.46. The van der Waals surface area contributed by atoms with Crippen LogP contribution in [0.15, 0.2) is 0 Å². The number of carbonyl (C=O) groups is 2. The van der Waals surface area contributed by atoms with Crippen molar-refractivity contribution >= 4 is 23.6 Å². The summed E-state index contributed by atoms with van der Waals surface area (Å²) in [6, 6.07) is 0. The monoisotopic (exact) mass is 245 g/mol. The summed E-state index contributed by atoms with van der Waals surface area (Å²) in [5.41, 5.74) is 0. The van der Waals surface area contributed by atoms with Crippen molar-refractivity contribution in [3.05, 3.63) is 0 Å². The maximum Gasteiger partial charge on any atom is 0.397 e. The Bertz CT molecular complexity index is 232. The molecule has 2 N–H and O–H groups in total. The predicted octanol–water partition coefficient (Wildman–Crippen LogP) is 0.873. The fraction of sp³-hybridized carbons (Fsp3) is 0.714. The second-order valence-corrected chi connectivity index (χ2v) is 3.59. The van der Waals surface area contributed by atoms with Gasteiger partial charge in [0.15, 0.2) is 0 Å². The molecular weight excluding hydrogens is 235 g/mol. The highest BCUT2D eigenvalue weighted by Gasteiger charge is 2.27. The lowest BCUT2D eigenvalue weighted by molar-refractivity contribution is -0.136. The second kappa shape index (κ2) is 6.54. The van der Waals surface area contributed by atoms with Crippen molar-refractivity contribution < 1.29 is 27.9 Å². The van der Waals surface area contributed by atoms with E-state index in [1.807, 2.05) is 0 Å². The van der Waals surface area contributed by atoms with Crippen LogP contribution in [0.3, 0.4) is 0 Å². The lowest BCUT2D eigenvalue weighted by atomic mass is 10.4. The highest BCUT2D eigenvalue weighted by Crippen LogP contribution is 2.20. The highest BCUT2D eigenvalue weighted by atomic mass is 32.2. The van der Waals surface area contributed by atoms with Gasteiger partial charge in [0, 0.05) is 6.54 Å². The van der Waals surface area contributed by atoms with Gasteiger partial charge in [0.1, 0.15) is 0 Å². The summed E-state index contributed by atoms with van der Waals surface area (Å²) < 4.78 is 34.9. The zero-order chi connectivity index (χ0) is 11.9. The first-order valence-corrected chi connectivity index (χ1v) is 5.10. The average Bonchev–Trinajstić information content (AvgIpc) is 2.00. The van der Waals surface area contributed by atoms with Gasteiger partial charge < -0.3 is 10.4 Å². The smallest absolute Gasteiger partial charge is 0.397 e. The molecule has 0 aromatic heterocycles. The zero-order valence-corrected chi connectivity index (χ0v) is 8.45. The zero-order valence-electron chi connectivity index (χ0n) is 7.63. The molecule has 4 nitrogen and oxygen atoms in total. The van der Waals surface area contributed by atoms with Gasteiger partial charge in [-0.2, -0.15) is 13.2 Å². The molecule has 0 bridgehead atoms. The predicted molar refractivity (Wildman–Crippen MR) is 48.6 cm³/mol. The number of hydrogen-bond donors (Lipinski definition) is 2. The topological polar surface area (TPSA) is 66.4 Å². The second-order valence-electron chi connectivity index (χ2n) is 2.60. The van der Waals surface area contributed by atoms with Gasteiger partial charge in [0.2, 0.25) is 5.91 Å². The standard InChI is InChI=1S/C7H10F3NO3S/c8-7(9,10)4-15-3-5(12)11-2-1-6(13)14/h1-4H2,(H,11,12)(H,13,14). The van der Waals surface area contributed by atoms with Crippen LogP contribution in [0.1, 0.15) is 6.42 Å². The molecule has 0 fully saturated rings. The van der Waals surface area contributed by atoms with E-state index in [-0.39, 0.29) is 18.7 Å². The molecule has 0 radical (unpaired) electrons. The fourth-order valence-electron chi connectivity index (χ4n) is 0.619. The van der Waals surface area contributed by atoms with Crippen molar-refractivity contribution in [2.75, 3.05) is 18.1 Å². The van der Waals surface area contributed by atoms with E-state index in [4.69, 9.17) is 5.11 Å². The molecule has 0 saturated carbocycles. The number of carbonyl (C=O) groups excluding carboxylic acids is 1. The minimum atomic E-state index is -4.29. The summed E-state index contributed by atoms with van der Waals surface area (Å²) in [6.45, 7) is -0.0687. The third kappa shape index (κ3) is 11.0. The number of halogens is 3.